The first-order valence-corrected chi connectivity index (χ1v) is 7.45. The van der Waals surface area contributed by atoms with E-state index in [1.165, 1.54) is 38.9 Å². The van der Waals surface area contributed by atoms with Crippen LogP contribution in [0.3, 0.4) is 0 Å². The zero-order valence-corrected chi connectivity index (χ0v) is 11.3. The molecule has 2 fully saturated rings. The van der Waals surface area contributed by atoms with Gasteiger partial charge < -0.3 is 9.80 Å². The second-order valence-corrected chi connectivity index (χ2v) is 6.23. The topological polar surface area (TPSA) is 23.6 Å². The van der Waals surface area contributed by atoms with Crippen molar-refractivity contribution in [2.75, 3.05) is 26.2 Å². The Kier molecular flexibility index (Phi) is 3.42. The molecule has 0 aromatic heterocycles. The van der Waals surface area contributed by atoms with Gasteiger partial charge in [-0.2, -0.15) is 0 Å². The van der Waals surface area contributed by atoms with Gasteiger partial charge in [0.25, 0.3) is 0 Å². The van der Waals surface area contributed by atoms with E-state index in [1.54, 1.807) is 6.08 Å². The van der Waals surface area contributed by atoms with Crippen molar-refractivity contribution in [1.82, 2.24) is 9.80 Å². The molecule has 18 heavy (non-hydrogen) atoms. The molecule has 0 aromatic rings. The highest BCUT2D eigenvalue weighted by molar-refractivity contribution is 5.90. The summed E-state index contributed by atoms with van der Waals surface area (Å²) in [6, 6.07) is 0.489. The largest absolute Gasteiger partial charge is 0.373 e. The third-order valence-electron chi connectivity index (χ3n) is 4.77. The molecule has 0 unspecified atom stereocenters. The smallest absolute Gasteiger partial charge is 0.159 e. The van der Waals surface area contributed by atoms with E-state index in [4.69, 9.17) is 0 Å². The van der Waals surface area contributed by atoms with Crippen molar-refractivity contribution in [2.45, 2.75) is 38.6 Å². The number of piperidine rings is 2. The van der Waals surface area contributed by atoms with Gasteiger partial charge in [0.05, 0.1) is 0 Å². The molecular formula is C15H24N2O. The number of rotatable bonds is 3. The lowest BCUT2D eigenvalue weighted by atomic mass is 9.77. The molecule has 3 rings (SSSR count). The number of fused-ring (bicyclic) bond motifs is 4. The van der Waals surface area contributed by atoms with E-state index < -0.39 is 0 Å². The number of carbonyl (C=O) groups excluding carboxylic acids is 1. The lowest BCUT2D eigenvalue weighted by Crippen LogP contribution is -2.57. The van der Waals surface area contributed by atoms with Gasteiger partial charge in [-0.3, -0.25) is 4.79 Å². The SMILES string of the molecule is CCCCN1C[C@H]2C[C@@H](C1)[C@H]1CC(=O)C=CN1C2. The monoisotopic (exact) mass is 248 g/mol. The molecule has 100 valence electrons. The number of likely N-dealkylation sites (tertiary alicyclic amines) is 1. The first-order valence-electron chi connectivity index (χ1n) is 7.45. The van der Waals surface area contributed by atoms with Crippen LogP contribution in [-0.2, 0) is 4.79 Å². The quantitative estimate of drug-likeness (QED) is 0.762. The van der Waals surface area contributed by atoms with Crippen LogP contribution in [0.4, 0.5) is 0 Å². The highest BCUT2D eigenvalue weighted by atomic mass is 16.1. The van der Waals surface area contributed by atoms with Crippen molar-refractivity contribution in [3.8, 4) is 0 Å². The standard InChI is InChI=1S/C15H24N2O/c1-2-3-5-16-9-12-7-13(11-16)15-8-14(18)4-6-17(15)10-12/h4,6,12-13,15H,2-3,5,7-11H2,1H3/t12-,13+,15-/m1/s1. The molecule has 3 atom stereocenters. The van der Waals surface area contributed by atoms with Gasteiger partial charge in [-0.15, -0.1) is 0 Å². The van der Waals surface area contributed by atoms with Gasteiger partial charge in [0.15, 0.2) is 5.78 Å². The molecule has 3 heteroatoms. The fourth-order valence-corrected chi connectivity index (χ4v) is 3.94. The maximum absolute atomic E-state index is 11.6. The highest BCUT2D eigenvalue weighted by Gasteiger charge is 2.41. The Morgan fingerprint density at radius 3 is 3.06 bits per heavy atom. The number of hydrogen-bond donors (Lipinski definition) is 0. The molecule has 2 bridgehead atoms. The van der Waals surface area contributed by atoms with Gasteiger partial charge >= 0.3 is 0 Å². The molecule has 0 aliphatic carbocycles. The Labute approximate surface area is 110 Å². The number of carbonyl (C=O) groups is 1. The summed E-state index contributed by atoms with van der Waals surface area (Å²) in [5, 5.41) is 0. The Bertz CT molecular complexity index is 352. The second kappa shape index (κ2) is 5.04. The van der Waals surface area contributed by atoms with E-state index in [0.717, 1.165) is 18.9 Å². The normalized spacial score (nSPS) is 35.7. The number of hydrogen-bond acceptors (Lipinski definition) is 3. The van der Waals surface area contributed by atoms with Crippen molar-refractivity contribution >= 4 is 5.78 Å². The van der Waals surface area contributed by atoms with E-state index in [1.807, 2.05) is 0 Å². The van der Waals surface area contributed by atoms with E-state index in [-0.39, 0.29) is 0 Å². The maximum atomic E-state index is 11.6. The molecule has 2 saturated heterocycles. The van der Waals surface area contributed by atoms with Gasteiger partial charge in [-0.05, 0) is 37.3 Å². The van der Waals surface area contributed by atoms with Gasteiger partial charge in [0, 0.05) is 38.3 Å². The predicted octanol–water partition coefficient (Wildman–Crippen LogP) is 1.90. The lowest BCUT2D eigenvalue weighted by Gasteiger charge is -2.51. The van der Waals surface area contributed by atoms with Crippen LogP contribution in [0.5, 0.6) is 0 Å². The highest BCUT2D eigenvalue weighted by Crippen LogP contribution is 2.36. The zero-order chi connectivity index (χ0) is 12.5. The molecule has 0 amide bonds. The second-order valence-electron chi connectivity index (χ2n) is 6.23. The van der Waals surface area contributed by atoms with E-state index >= 15 is 0 Å². The van der Waals surface area contributed by atoms with Crippen LogP contribution in [0.1, 0.15) is 32.6 Å². The molecule has 0 spiro atoms. The zero-order valence-electron chi connectivity index (χ0n) is 11.3. The number of allylic oxidation sites excluding steroid dienone is 1. The third kappa shape index (κ3) is 2.33. The first kappa shape index (κ1) is 12.2. The Hall–Kier alpha value is -0.830. The summed E-state index contributed by atoms with van der Waals surface area (Å²) in [6.07, 6.45) is 8.50. The van der Waals surface area contributed by atoms with Gasteiger partial charge in [-0.25, -0.2) is 0 Å². The summed E-state index contributed by atoms with van der Waals surface area (Å²) in [5.74, 6) is 1.85. The third-order valence-corrected chi connectivity index (χ3v) is 4.77. The molecule has 3 nitrogen and oxygen atoms in total. The Morgan fingerprint density at radius 2 is 2.22 bits per heavy atom. The maximum Gasteiger partial charge on any atom is 0.159 e. The summed E-state index contributed by atoms with van der Waals surface area (Å²) in [7, 11) is 0. The summed E-state index contributed by atoms with van der Waals surface area (Å²) < 4.78 is 0. The molecule has 3 heterocycles. The van der Waals surface area contributed by atoms with Crippen LogP contribution < -0.4 is 0 Å². The molecule has 0 N–H and O–H groups in total. The molecule has 3 aliphatic rings. The van der Waals surface area contributed by atoms with Crippen molar-refractivity contribution in [1.29, 1.82) is 0 Å². The van der Waals surface area contributed by atoms with Crippen LogP contribution in [-0.4, -0.2) is 47.8 Å². The van der Waals surface area contributed by atoms with Crippen molar-refractivity contribution in [3.63, 3.8) is 0 Å². The Balaban J connectivity index is 1.68. The van der Waals surface area contributed by atoms with Crippen LogP contribution in [0, 0.1) is 11.8 Å². The summed E-state index contributed by atoms with van der Waals surface area (Å²) in [6.45, 7) is 7.14. The lowest BCUT2D eigenvalue weighted by molar-refractivity contribution is -0.118. The summed E-state index contributed by atoms with van der Waals surface area (Å²) in [5.41, 5.74) is 0. The number of ketones is 1. The molecule has 0 aromatic carbocycles. The van der Waals surface area contributed by atoms with Crippen LogP contribution in [0.15, 0.2) is 12.3 Å². The first-order chi connectivity index (χ1) is 8.76. The summed E-state index contributed by atoms with van der Waals surface area (Å²) >= 11 is 0. The Morgan fingerprint density at radius 1 is 1.33 bits per heavy atom. The van der Waals surface area contributed by atoms with Crippen LogP contribution in [0.25, 0.3) is 0 Å². The van der Waals surface area contributed by atoms with Crippen molar-refractivity contribution < 1.29 is 4.79 Å². The van der Waals surface area contributed by atoms with Crippen molar-refractivity contribution in [2.24, 2.45) is 11.8 Å². The predicted molar refractivity (Wildman–Crippen MR) is 72.2 cm³/mol. The summed E-state index contributed by atoms with van der Waals surface area (Å²) in [4.78, 5) is 16.7. The molecule has 3 aliphatic heterocycles. The fraction of sp³-hybridized carbons (Fsp3) is 0.800. The number of unbranched alkanes of at least 4 members (excludes halogenated alkanes) is 1. The fourth-order valence-electron chi connectivity index (χ4n) is 3.94. The van der Waals surface area contributed by atoms with Gasteiger partial charge in [0.1, 0.15) is 0 Å². The average molecular weight is 248 g/mol. The van der Waals surface area contributed by atoms with Crippen molar-refractivity contribution in [3.05, 3.63) is 12.3 Å². The van der Waals surface area contributed by atoms with E-state index in [2.05, 4.69) is 22.9 Å². The minimum absolute atomic E-state index is 0.320. The molecular weight excluding hydrogens is 224 g/mol. The van der Waals surface area contributed by atoms with E-state index in [9.17, 15) is 4.79 Å². The average Bonchev–Trinajstić information content (AvgIpc) is 2.37. The van der Waals surface area contributed by atoms with Crippen LogP contribution >= 0.6 is 0 Å². The van der Waals surface area contributed by atoms with Crippen LogP contribution in [0.2, 0.25) is 0 Å². The minimum atomic E-state index is 0.320. The number of nitrogens with zero attached hydrogens (tertiary/aromatic N) is 2. The molecule has 0 saturated carbocycles. The molecule has 0 radical (unpaired) electrons. The van der Waals surface area contributed by atoms with Gasteiger partial charge in [-0.1, -0.05) is 13.3 Å². The van der Waals surface area contributed by atoms with E-state index in [0.29, 0.717) is 17.7 Å². The van der Waals surface area contributed by atoms with Gasteiger partial charge in [0.2, 0.25) is 0 Å². The minimum Gasteiger partial charge on any atom is -0.373 e.